The van der Waals surface area contributed by atoms with Crippen molar-refractivity contribution in [1.29, 1.82) is 0 Å². The van der Waals surface area contributed by atoms with Crippen molar-refractivity contribution in [2.45, 2.75) is 13.0 Å². The third kappa shape index (κ3) is 3.69. The molecule has 0 bridgehead atoms. The molecular weight excluding hydrogens is 172 g/mol. The van der Waals surface area contributed by atoms with Gasteiger partial charge in [-0.25, -0.2) is 0 Å². The van der Waals surface area contributed by atoms with E-state index < -0.39 is 0 Å². The van der Waals surface area contributed by atoms with Gasteiger partial charge in [0.2, 0.25) is 0 Å². The monoisotopic (exact) mass is 176 g/mol. The first-order valence-corrected chi connectivity index (χ1v) is 2.81. The highest BCUT2D eigenvalue weighted by molar-refractivity contribution is 9.12. The van der Waals surface area contributed by atoms with E-state index in [4.69, 9.17) is 0 Å². The molecule has 0 aliphatic heterocycles. The van der Waals surface area contributed by atoms with Gasteiger partial charge in [0.05, 0.1) is 0 Å². The lowest BCUT2D eigenvalue weighted by Gasteiger charge is -1.96. The molecule has 1 atom stereocenters. The highest BCUT2D eigenvalue weighted by Gasteiger charge is 1.90. The van der Waals surface area contributed by atoms with Crippen LogP contribution in [0.3, 0.4) is 0 Å². The molecule has 0 spiro atoms. The number of hydrogen-bond donors (Lipinski definition) is 0. The summed E-state index contributed by atoms with van der Waals surface area (Å²) < 4.78 is 4.40. The van der Waals surface area contributed by atoms with Crippen molar-refractivity contribution in [3.05, 3.63) is 0 Å². The van der Waals surface area contributed by atoms with Gasteiger partial charge in [0.25, 0.3) is 6.47 Å². The van der Waals surface area contributed by atoms with Crippen molar-refractivity contribution < 1.29 is 9.53 Å². The van der Waals surface area contributed by atoms with Gasteiger partial charge in [-0.1, -0.05) is 0 Å². The van der Waals surface area contributed by atoms with E-state index >= 15 is 0 Å². The molecule has 0 aromatic carbocycles. The number of rotatable bonds is 2. The smallest absolute Gasteiger partial charge is 0.294 e. The minimum absolute atomic E-state index is 0.313. The number of hydrogen-bond acceptors (Lipinski definition) is 2. The molecule has 0 aliphatic rings. The normalized spacial score (nSPS) is 10.8. The molecule has 0 rings (SSSR count). The van der Waals surface area contributed by atoms with Gasteiger partial charge >= 0.3 is 0 Å². The summed E-state index contributed by atoms with van der Waals surface area (Å²) >= 11 is 2.86. The fourth-order valence-corrected chi connectivity index (χ4v) is 0.517. The van der Waals surface area contributed by atoms with Crippen LogP contribution in [0.15, 0.2) is 0 Å². The van der Waals surface area contributed by atoms with E-state index in [-0.39, 0.29) is 6.10 Å². The molecule has 8 heavy (non-hydrogen) atoms. The van der Waals surface area contributed by atoms with Gasteiger partial charge in [0, 0.05) is 15.9 Å². The Balaban J connectivity index is 3.41. The standard InChI is InChI=1S/C5H5BrO2/c1-5(2-3-6)8-4-7/h4-5H,1H3. The van der Waals surface area contributed by atoms with Crippen LogP contribution in [0.25, 0.3) is 0 Å². The van der Waals surface area contributed by atoms with Gasteiger partial charge in [-0.2, -0.15) is 0 Å². The minimum Gasteiger partial charge on any atom is -0.452 e. The zero-order valence-corrected chi connectivity index (χ0v) is 5.94. The summed E-state index contributed by atoms with van der Waals surface area (Å²) in [7, 11) is 0. The average molecular weight is 177 g/mol. The molecule has 1 unspecified atom stereocenters. The molecule has 0 N–H and O–H groups in total. The lowest BCUT2D eigenvalue weighted by molar-refractivity contribution is -0.130. The Kier molecular flexibility index (Phi) is 4.38. The van der Waals surface area contributed by atoms with Crippen LogP contribution in [-0.2, 0) is 9.53 Å². The van der Waals surface area contributed by atoms with Crippen LogP contribution in [-0.4, -0.2) is 12.6 Å². The summed E-state index contributed by atoms with van der Waals surface area (Å²) in [4.78, 5) is 12.0. The Morgan fingerprint density at radius 3 is 2.88 bits per heavy atom. The fourth-order valence-electron chi connectivity index (χ4n) is 0.194. The highest BCUT2D eigenvalue weighted by atomic mass is 79.9. The van der Waals surface area contributed by atoms with Crippen LogP contribution in [0.5, 0.6) is 0 Å². The number of halogens is 1. The minimum atomic E-state index is -0.313. The van der Waals surface area contributed by atoms with Gasteiger partial charge in [0.15, 0.2) is 6.10 Å². The Morgan fingerprint density at radius 1 is 1.88 bits per heavy atom. The summed E-state index contributed by atoms with van der Waals surface area (Å²) in [5.41, 5.74) is 0. The van der Waals surface area contributed by atoms with Crippen LogP contribution in [0.2, 0.25) is 0 Å². The van der Waals surface area contributed by atoms with Gasteiger partial charge in [-0.3, -0.25) is 4.79 Å². The number of carbonyl (C=O) groups excluding carboxylic acids is 1. The average Bonchev–Trinajstić information content (AvgIpc) is 1.68. The fraction of sp³-hybridized carbons (Fsp3) is 0.400. The second-order valence-corrected chi connectivity index (χ2v) is 1.51. The van der Waals surface area contributed by atoms with Gasteiger partial charge in [-0.05, 0) is 17.7 Å². The quantitative estimate of drug-likeness (QED) is 0.462. The molecule has 3 heteroatoms. The molecular formula is C5H5BrO2. The van der Waals surface area contributed by atoms with E-state index in [0.29, 0.717) is 6.47 Å². The molecule has 44 valence electrons. The van der Waals surface area contributed by atoms with Crippen LogP contribution in [0, 0.1) is 10.8 Å². The van der Waals surface area contributed by atoms with Gasteiger partial charge in [0.1, 0.15) is 0 Å². The van der Waals surface area contributed by atoms with E-state index in [1.54, 1.807) is 6.92 Å². The molecule has 2 nitrogen and oxygen atoms in total. The maximum Gasteiger partial charge on any atom is 0.294 e. The molecule has 0 aliphatic carbocycles. The third-order valence-corrected chi connectivity index (χ3v) is 0.746. The van der Waals surface area contributed by atoms with Crippen molar-refractivity contribution >= 4 is 22.4 Å². The van der Waals surface area contributed by atoms with Crippen molar-refractivity contribution in [2.24, 2.45) is 0 Å². The first-order chi connectivity index (χ1) is 3.81. The Labute approximate surface area is 56.3 Å². The van der Waals surface area contributed by atoms with Gasteiger partial charge in [-0.15, -0.1) is 0 Å². The summed E-state index contributed by atoms with van der Waals surface area (Å²) in [6.07, 6.45) is -0.313. The second kappa shape index (κ2) is 4.66. The van der Waals surface area contributed by atoms with Crippen LogP contribution in [0.4, 0.5) is 0 Å². The zero-order chi connectivity index (χ0) is 6.41. The molecule has 0 radical (unpaired) electrons. The van der Waals surface area contributed by atoms with Crippen LogP contribution >= 0.6 is 15.9 Å². The van der Waals surface area contributed by atoms with E-state index in [9.17, 15) is 4.79 Å². The van der Waals surface area contributed by atoms with E-state index in [1.807, 2.05) is 0 Å². The molecule has 0 aromatic rings. The van der Waals surface area contributed by atoms with E-state index in [2.05, 4.69) is 31.4 Å². The number of ether oxygens (including phenoxy) is 1. The predicted molar refractivity (Wildman–Crippen MR) is 33.3 cm³/mol. The summed E-state index contributed by atoms with van der Waals surface area (Å²) in [6, 6.07) is 0. The molecule has 0 saturated carbocycles. The largest absolute Gasteiger partial charge is 0.452 e. The van der Waals surface area contributed by atoms with E-state index in [0.717, 1.165) is 0 Å². The highest BCUT2D eigenvalue weighted by Crippen LogP contribution is 1.83. The van der Waals surface area contributed by atoms with E-state index in [1.165, 1.54) is 0 Å². The Bertz CT molecular complexity index is 122. The Hall–Kier alpha value is -0.490. The summed E-state index contributed by atoms with van der Waals surface area (Å²) in [5.74, 6) is 2.56. The molecule has 0 fully saturated rings. The summed E-state index contributed by atoms with van der Waals surface area (Å²) in [5, 5.41) is 0. The first-order valence-electron chi connectivity index (χ1n) is 2.01. The maximum atomic E-state index is 9.58. The molecule has 0 amide bonds. The topological polar surface area (TPSA) is 26.3 Å². The Morgan fingerprint density at radius 2 is 2.50 bits per heavy atom. The van der Waals surface area contributed by atoms with Crippen molar-refractivity contribution in [3.63, 3.8) is 0 Å². The number of carbonyl (C=O) groups is 1. The summed E-state index contributed by atoms with van der Waals surface area (Å²) in [6.45, 7) is 2.06. The molecule has 0 heterocycles. The van der Waals surface area contributed by atoms with Crippen molar-refractivity contribution in [1.82, 2.24) is 0 Å². The van der Waals surface area contributed by atoms with Gasteiger partial charge < -0.3 is 4.74 Å². The third-order valence-electron chi connectivity index (χ3n) is 0.517. The van der Waals surface area contributed by atoms with Crippen molar-refractivity contribution in [3.8, 4) is 10.8 Å². The maximum absolute atomic E-state index is 9.58. The lowest BCUT2D eigenvalue weighted by Crippen LogP contribution is -2.01. The lowest BCUT2D eigenvalue weighted by atomic mass is 10.4. The molecule has 0 saturated heterocycles. The predicted octanol–water partition coefficient (Wildman–Crippen LogP) is 0.904. The molecule has 0 aromatic heterocycles. The first kappa shape index (κ1) is 7.51. The van der Waals surface area contributed by atoms with Crippen LogP contribution < -0.4 is 0 Å². The van der Waals surface area contributed by atoms with Crippen LogP contribution in [0.1, 0.15) is 6.92 Å². The zero-order valence-electron chi connectivity index (χ0n) is 4.35. The SMILES string of the molecule is CC(C#CBr)OC=O. The second-order valence-electron chi connectivity index (χ2n) is 1.11. The van der Waals surface area contributed by atoms with Crippen molar-refractivity contribution in [2.75, 3.05) is 0 Å².